The first-order valence-corrected chi connectivity index (χ1v) is 9.76. The van der Waals surface area contributed by atoms with E-state index < -0.39 is 39.9 Å². The number of ether oxygens (including phenoxy) is 1. The summed E-state index contributed by atoms with van der Waals surface area (Å²) in [5.74, 6) is -1.29. The molecule has 0 aromatic heterocycles. The fourth-order valence-corrected chi connectivity index (χ4v) is 6.89. The van der Waals surface area contributed by atoms with Crippen molar-refractivity contribution in [3.05, 3.63) is 11.1 Å². The summed E-state index contributed by atoms with van der Waals surface area (Å²) in [6, 6.07) is 0. The fourth-order valence-electron chi connectivity index (χ4n) is 6.89. The first kappa shape index (κ1) is 19.3. The van der Waals surface area contributed by atoms with Crippen LogP contribution >= 0.6 is 0 Å². The van der Waals surface area contributed by atoms with Crippen LogP contribution in [0.2, 0.25) is 0 Å². The summed E-state index contributed by atoms with van der Waals surface area (Å²) in [5, 5.41) is 56.7. The Labute approximate surface area is 158 Å². The molecule has 0 radical (unpaired) electrons. The highest BCUT2D eigenvalue weighted by atomic mass is 16.6. The minimum Gasteiger partial charge on any atom is -0.450 e. The van der Waals surface area contributed by atoms with Crippen molar-refractivity contribution in [3.8, 4) is 0 Å². The van der Waals surface area contributed by atoms with E-state index >= 15 is 0 Å². The molecule has 2 saturated carbocycles. The average Bonchev–Trinajstić information content (AvgIpc) is 2.85. The predicted octanol–water partition coefficient (Wildman–Crippen LogP) is 0.0247. The van der Waals surface area contributed by atoms with Crippen LogP contribution in [0.15, 0.2) is 11.1 Å². The van der Waals surface area contributed by atoms with Gasteiger partial charge >= 0.3 is 5.97 Å². The first-order chi connectivity index (χ1) is 12.4. The lowest BCUT2D eigenvalue weighted by atomic mass is 9.55. The quantitative estimate of drug-likeness (QED) is 0.337. The van der Waals surface area contributed by atoms with Gasteiger partial charge in [0, 0.05) is 24.4 Å². The van der Waals surface area contributed by atoms with Gasteiger partial charge in [0.2, 0.25) is 5.60 Å². The van der Waals surface area contributed by atoms with Crippen LogP contribution in [0.3, 0.4) is 0 Å². The largest absolute Gasteiger partial charge is 0.450 e. The zero-order valence-corrected chi connectivity index (χ0v) is 16.3. The Morgan fingerprint density at radius 2 is 1.85 bits per heavy atom. The van der Waals surface area contributed by atoms with Gasteiger partial charge in [-0.3, -0.25) is 4.79 Å². The van der Waals surface area contributed by atoms with Crippen LogP contribution in [0.5, 0.6) is 0 Å². The molecule has 1 saturated heterocycles. The van der Waals surface area contributed by atoms with Gasteiger partial charge < -0.3 is 30.3 Å². The van der Waals surface area contributed by atoms with Crippen molar-refractivity contribution in [1.82, 2.24) is 0 Å². The molecule has 4 rings (SSSR count). The molecule has 3 fully saturated rings. The third kappa shape index (κ3) is 1.60. The zero-order chi connectivity index (χ0) is 20.2. The molecule has 3 aliphatic carbocycles. The molecule has 7 heteroatoms. The van der Waals surface area contributed by atoms with Crippen molar-refractivity contribution < 1.29 is 35.1 Å². The Morgan fingerprint density at radius 1 is 1.22 bits per heavy atom. The molecular formula is C20H30O7. The summed E-state index contributed by atoms with van der Waals surface area (Å²) in [6.07, 6.45) is -0.883. The van der Waals surface area contributed by atoms with E-state index in [-0.39, 0.29) is 37.7 Å². The van der Waals surface area contributed by atoms with E-state index in [0.717, 1.165) is 0 Å². The summed E-state index contributed by atoms with van der Waals surface area (Å²) in [4.78, 5) is 12.5. The maximum Gasteiger partial charge on any atom is 0.307 e. The topological polar surface area (TPSA) is 127 Å². The minimum absolute atomic E-state index is 0.00929. The standard InChI is InChI=1S/C20H30O7/c1-10-5-6-17(24)16(4)8-14(22)27-20(17,15(10)23)19(26)12(3)13(11(2)9-21)7-18(16,19)25/h10-11,15,21,23-26H,5-9H2,1-4H3/t10-,11+,15+,16-,17-,18+,19+,20+/m0/s1. The number of esters is 1. The van der Waals surface area contributed by atoms with Gasteiger partial charge in [-0.25, -0.2) is 0 Å². The first-order valence-electron chi connectivity index (χ1n) is 9.76. The molecule has 152 valence electrons. The molecule has 1 aliphatic heterocycles. The number of rotatable bonds is 2. The van der Waals surface area contributed by atoms with Crippen LogP contribution in [0.25, 0.3) is 0 Å². The van der Waals surface area contributed by atoms with E-state index in [1.165, 1.54) is 0 Å². The summed E-state index contributed by atoms with van der Waals surface area (Å²) in [6.45, 7) is 6.66. The molecule has 0 aromatic rings. The summed E-state index contributed by atoms with van der Waals surface area (Å²) < 4.78 is 5.69. The number of hydrogen-bond acceptors (Lipinski definition) is 7. The Bertz CT molecular complexity index is 749. The minimum atomic E-state index is -2.14. The second kappa shape index (κ2) is 5.13. The summed E-state index contributed by atoms with van der Waals surface area (Å²) in [5.41, 5.74) is -8.19. The molecule has 8 atom stereocenters. The number of carbonyl (C=O) groups excluding carboxylic acids is 1. The van der Waals surface area contributed by atoms with E-state index in [2.05, 4.69) is 0 Å². The third-order valence-electron chi connectivity index (χ3n) is 8.61. The lowest BCUT2D eigenvalue weighted by Crippen LogP contribution is -2.77. The van der Waals surface area contributed by atoms with Crippen LogP contribution in [0.1, 0.15) is 53.4 Å². The molecule has 27 heavy (non-hydrogen) atoms. The molecule has 0 unspecified atom stereocenters. The molecule has 0 spiro atoms. The van der Waals surface area contributed by atoms with Crippen LogP contribution in [0.4, 0.5) is 0 Å². The molecule has 1 heterocycles. The number of hydrogen-bond donors (Lipinski definition) is 5. The zero-order valence-electron chi connectivity index (χ0n) is 16.3. The van der Waals surface area contributed by atoms with E-state index in [9.17, 15) is 30.3 Å². The van der Waals surface area contributed by atoms with Gasteiger partial charge in [-0.05, 0) is 31.3 Å². The maximum atomic E-state index is 12.5. The molecular weight excluding hydrogens is 352 g/mol. The Hall–Kier alpha value is -0.990. The highest BCUT2D eigenvalue weighted by Gasteiger charge is 2.94. The number of carbonyl (C=O) groups is 1. The SMILES string of the molecule is CC1=C([C@H](C)CO)C[C@@]2(O)[C@@]3(C)CC(=O)O[C@@]4([C@H](O)[C@@H](C)CC[C@]34O)[C@@]12O. The van der Waals surface area contributed by atoms with Crippen LogP contribution in [-0.4, -0.2) is 66.6 Å². The lowest BCUT2D eigenvalue weighted by Gasteiger charge is -2.59. The van der Waals surface area contributed by atoms with Crippen LogP contribution in [-0.2, 0) is 9.53 Å². The normalized spacial score (nSPS) is 55.2. The van der Waals surface area contributed by atoms with E-state index in [1.807, 2.05) is 0 Å². The van der Waals surface area contributed by atoms with E-state index in [1.54, 1.807) is 27.7 Å². The van der Waals surface area contributed by atoms with E-state index in [0.29, 0.717) is 17.6 Å². The van der Waals surface area contributed by atoms with Gasteiger partial charge in [-0.2, -0.15) is 0 Å². The van der Waals surface area contributed by atoms with Crippen molar-refractivity contribution >= 4 is 5.97 Å². The molecule has 7 nitrogen and oxygen atoms in total. The van der Waals surface area contributed by atoms with Gasteiger partial charge in [-0.15, -0.1) is 0 Å². The summed E-state index contributed by atoms with van der Waals surface area (Å²) in [7, 11) is 0. The molecule has 0 amide bonds. The monoisotopic (exact) mass is 382 g/mol. The van der Waals surface area contributed by atoms with Crippen molar-refractivity contribution in [2.45, 2.75) is 81.9 Å². The molecule has 5 N–H and O–H groups in total. The van der Waals surface area contributed by atoms with Gasteiger partial charge in [0.15, 0.2) is 5.60 Å². The molecule has 2 bridgehead atoms. The van der Waals surface area contributed by atoms with Gasteiger partial charge in [0.05, 0.1) is 6.42 Å². The number of aliphatic hydroxyl groups excluding tert-OH is 2. The Balaban J connectivity index is 2.08. The van der Waals surface area contributed by atoms with Crippen molar-refractivity contribution in [2.75, 3.05) is 6.61 Å². The van der Waals surface area contributed by atoms with Crippen LogP contribution in [0, 0.1) is 17.3 Å². The highest BCUT2D eigenvalue weighted by Crippen LogP contribution is 2.77. The van der Waals surface area contributed by atoms with Gasteiger partial charge in [-0.1, -0.05) is 26.3 Å². The second-order valence-corrected chi connectivity index (χ2v) is 9.52. The van der Waals surface area contributed by atoms with E-state index in [4.69, 9.17) is 4.74 Å². The predicted molar refractivity (Wildman–Crippen MR) is 94.4 cm³/mol. The maximum absolute atomic E-state index is 12.5. The van der Waals surface area contributed by atoms with Crippen molar-refractivity contribution in [3.63, 3.8) is 0 Å². The second-order valence-electron chi connectivity index (χ2n) is 9.52. The van der Waals surface area contributed by atoms with Crippen molar-refractivity contribution in [1.29, 1.82) is 0 Å². The smallest absolute Gasteiger partial charge is 0.307 e. The number of aliphatic hydroxyl groups is 5. The lowest BCUT2D eigenvalue weighted by molar-refractivity contribution is -0.307. The number of fused-ring (bicyclic) bond motifs is 2. The average molecular weight is 382 g/mol. The fraction of sp³-hybridized carbons (Fsp3) is 0.850. The molecule has 0 aromatic carbocycles. The van der Waals surface area contributed by atoms with Gasteiger partial charge in [0.25, 0.3) is 0 Å². The Morgan fingerprint density at radius 3 is 2.44 bits per heavy atom. The third-order valence-corrected chi connectivity index (χ3v) is 8.61. The Kier molecular flexibility index (Phi) is 3.67. The van der Waals surface area contributed by atoms with Gasteiger partial charge in [0.1, 0.15) is 17.3 Å². The van der Waals surface area contributed by atoms with Crippen LogP contribution < -0.4 is 0 Å². The van der Waals surface area contributed by atoms with Crippen molar-refractivity contribution in [2.24, 2.45) is 17.3 Å². The summed E-state index contributed by atoms with van der Waals surface area (Å²) >= 11 is 0. The highest BCUT2D eigenvalue weighted by molar-refractivity contribution is 5.77. The molecule has 4 aliphatic rings.